The number of halogens is 2. The van der Waals surface area contributed by atoms with Crippen LogP contribution >= 0.6 is 32.2 Å². The lowest BCUT2D eigenvalue weighted by Gasteiger charge is -2.33. The van der Waals surface area contributed by atoms with Crippen molar-refractivity contribution in [3.63, 3.8) is 0 Å². The van der Waals surface area contributed by atoms with Gasteiger partial charge in [0.25, 0.3) is 0 Å². The highest BCUT2D eigenvalue weighted by Gasteiger charge is 2.34. The fraction of sp³-hybridized carbons (Fsp3) is 0.429. The molecule has 2 aliphatic rings. The number of fused-ring (bicyclic) bond motifs is 1. The molecule has 3 atom stereocenters. The number of nitrogens with zero attached hydrogens (tertiary/aromatic N) is 4. The highest BCUT2D eigenvalue weighted by molar-refractivity contribution is 7.18. The number of aryl methyl sites for hydroxylation is 1. The molecule has 1 aromatic carbocycles. The second-order valence-electron chi connectivity index (χ2n) is 9.93. The van der Waals surface area contributed by atoms with Crippen molar-refractivity contribution >= 4 is 38.1 Å². The summed E-state index contributed by atoms with van der Waals surface area (Å²) in [5.41, 5.74) is 4.23. The van der Waals surface area contributed by atoms with Gasteiger partial charge in [-0.2, -0.15) is 5.10 Å². The maximum absolute atomic E-state index is 15.3. The van der Waals surface area contributed by atoms with E-state index in [9.17, 15) is 4.79 Å². The molecule has 0 aliphatic carbocycles. The first-order valence-corrected chi connectivity index (χ1v) is 14.7. The summed E-state index contributed by atoms with van der Waals surface area (Å²) in [6.07, 6.45) is 5.54. The Kier molecular flexibility index (Phi) is 8.36. The maximum Gasteiger partial charge on any atom is 0.246 e. The van der Waals surface area contributed by atoms with Gasteiger partial charge in [0.05, 0.1) is 24.1 Å². The summed E-state index contributed by atoms with van der Waals surface area (Å²) in [6.45, 7) is 9.13. The van der Waals surface area contributed by atoms with Gasteiger partial charge in [0, 0.05) is 61.4 Å². The summed E-state index contributed by atoms with van der Waals surface area (Å²) in [4.78, 5) is 18.6. The lowest BCUT2D eigenvalue weighted by atomic mass is 9.83. The summed E-state index contributed by atoms with van der Waals surface area (Å²) < 4.78 is 23.1. The van der Waals surface area contributed by atoms with E-state index in [1.165, 1.54) is 18.3 Å². The Morgan fingerprint density at radius 3 is 2.79 bits per heavy atom. The van der Waals surface area contributed by atoms with Crippen LogP contribution in [0, 0.1) is 0 Å². The van der Waals surface area contributed by atoms with E-state index in [1.54, 1.807) is 10.8 Å². The number of carbonyl (C=O) groups excluding carboxylic acids is 1. The fourth-order valence-electron chi connectivity index (χ4n) is 5.20. The minimum absolute atomic E-state index is 0.0169. The van der Waals surface area contributed by atoms with E-state index in [2.05, 4.69) is 25.3 Å². The van der Waals surface area contributed by atoms with E-state index in [0.29, 0.717) is 29.7 Å². The summed E-state index contributed by atoms with van der Waals surface area (Å²) in [5, 5.41) is 2.86. The van der Waals surface area contributed by atoms with Crippen molar-refractivity contribution in [3.05, 3.63) is 74.7 Å². The Bertz CT molecular complexity index is 1330. The van der Waals surface area contributed by atoms with Crippen LogP contribution in [0.3, 0.4) is 0 Å². The Morgan fingerprint density at radius 1 is 1.29 bits per heavy atom. The Hall–Kier alpha value is -2.09. The number of hydrogen-bond acceptors (Lipinski definition) is 5. The second-order valence-corrected chi connectivity index (χ2v) is 12.8. The molecular weight excluding hydrogens is 542 g/mol. The van der Waals surface area contributed by atoms with Crippen LogP contribution in [-0.4, -0.2) is 64.9 Å². The number of morpholine rings is 1. The molecule has 6 nitrogen and oxygen atoms in total. The van der Waals surface area contributed by atoms with Crippen molar-refractivity contribution < 1.29 is 13.9 Å². The monoisotopic (exact) mass is 574 g/mol. The van der Waals surface area contributed by atoms with Gasteiger partial charge in [0.1, 0.15) is 5.69 Å². The zero-order chi connectivity index (χ0) is 26.9. The van der Waals surface area contributed by atoms with Crippen LogP contribution in [-0.2, 0) is 28.0 Å². The van der Waals surface area contributed by atoms with Gasteiger partial charge in [0.2, 0.25) is 5.91 Å². The lowest BCUT2D eigenvalue weighted by molar-refractivity contribution is -0.127. The number of thiophene rings is 1. The Balaban J connectivity index is 1.48. The minimum Gasteiger partial charge on any atom is -0.379 e. The summed E-state index contributed by atoms with van der Waals surface area (Å²) in [6, 6.07) is 10.1. The van der Waals surface area contributed by atoms with Gasteiger partial charge in [-0.15, -0.1) is 11.3 Å². The molecule has 0 radical (unpaired) electrons. The number of rotatable bonds is 7. The van der Waals surface area contributed by atoms with Gasteiger partial charge in [-0.25, -0.2) is 4.39 Å². The van der Waals surface area contributed by atoms with Crippen molar-refractivity contribution in [3.8, 4) is 11.1 Å². The number of aromatic nitrogens is 2. The van der Waals surface area contributed by atoms with E-state index in [1.807, 2.05) is 48.4 Å². The van der Waals surface area contributed by atoms with Gasteiger partial charge in [0.15, 0.2) is 5.41 Å². The topological polar surface area (TPSA) is 50.6 Å². The average Bonchev–Trinajstić information content (AvgIpc) is 3.52. The molecule has 0 spiro atoms. The van der Waals surface area contributed by atoms with Crippen LogP contribution in [0.25, 0.3) is 11.1 Å². The predicted molar refractivity (Wildman–Crippen MR) is 154 cm³/mol. The van der Waals surface area contributed by atoms with E-state index >= 15 is 4.39 Å². The van der Waals surface area contributed by atoms with E-state index in [-0.39, 0.29) is 11.8 Å². The average molecular weight is 575 g/mol. The van der Waals surface area contributed by atoms with Crippen molar-refractivity contribution in [2.45, 2.75) is 38.3 Å². The molecule has 38 heavy (non-hydrogen) atoms. The highest BCUT2D eigenvalue weighted by atomic mass is 35.5. The van der Waals surface area contributed by atoms with Crippen molar-refractivity contribution in [2.24, 2.45) is 0 Å². The predicted octanol–water partition coefficient (Wildman–Crippen LogP) is 5.66. The zero-order valence-corrected chi connectivity index (χ0v) is 24.4. The van der Waals surface area contributed by atoms with Crippen LogP contribution in [0.5, 0.6) is 0 Å². The molecule has 1 saturated heterocycles. The van der Waals surface area contributed by atoms with Crippen LogP contribution in [0.15, 0.2) is 48.7 Å². The summed E-state index contributed by atoms with van der Waals surface area (Å²) in [7, 11) is 2.27. The standard InChI is InChI=1S/C28H33ClFN4O2PS/c1-3-34-17-23(27(31-34)28(2,30)37)20-8-5-4-7-19(20)22-16-33(18-24-21(22)15-25(29)38-24)26(35)9-6-10-32-11-13-36-14-12-32/h4-9,15,17,22H,3,10-14,16,18,37H2,1-2H3/b9-6+/t22-,28?/m0/s1. The number of carbonyl (C=O) groups is 1. The summed E-state index contributed by atoms with van der Waals surface area (Å²) >= 11 is 8.00. The van der Waals surface area contributed by atoms with Crippen molar-refractivity contribution in [2.75, 3.05) is 39.4 Å². The van der Waals surface area contributed by atoms with Crippen molar-refractivity contribution in [1.29, 1.82) is 0 Å². The summed E-state index contributed by atoms with van der Waals surface area (Å²) in [5.74, 6) is -0.111. The fourth-order valence-corrected chi connectivity index (χ4v) is 6.77. The number of amides is 1. The number of ether oxygens (including phenoxy) is 1. The van der Waals surface area contributed by atoms with Gasteiger partial charge in [-0.3, -0.25) is 14.4 Å². The molecule has 0 bridgehead atoms. The van der Waals surface area contributed by atoms with E-state index in [4.69, 9.17) is 16.3 Å². The molecule has 10 heteroatoms. The van der Waals surface area contributed by atoms with Crippen LogP contribution < -0.4 is 0 Å². The first-order valence-electron chi connectivity index (χ1n) is 12.9. The first-order chi connectivity index (χ1) is 18.2. The third kappa shape index (κ3) is 5.90. The second kappa shape index (κ2) is 11.6. The molecule has 2 aromatic heterocycles. The Labute approximate surface area is 234 Å². The number of benzene rings is 1. The molecule has 3 aromatic rings. The minimum atomic E-state index is -1.68. The quantitative estimate of drug-likeness (QED) is 0.270. The molecular formula is C28H33ClFN4O2PS. The van der Waals surface area contributed by atoms with Gasteiger partial charge >= 0.3 is 0 Å². The molecule has 5 rings (SSSR count). The molecule has 0 N–H and O–H groups in total. The molecule has 202 valence electrons. The highest BCUT2D eigenvalue weighted by Crippen LogP contribution is 2.45. The lowest BCUT2D eigenvalue weighted by Crippen LogP contribution is -2.38. The molecule has 4 heterocycles. The zero-order valence-electron chi connectivity index (χ0n) is 21.7. The molecule has 2 aliphatic heterocycles. The van der Waals surface area contributed by atoms with Gasteiger partial charge in [-0.05, 0) is 36.6 Å². The molecule has 1 fully saturated rings. The van der Waals surface area contributed by atoms with Crippen LogP contribution in [0.4, 0.5) is 4.39 Å². The number of hydrogen-bond donors (Lipinski definition) is 0. The smallest absolute Gasteiger partial charge is 0.246 e. The van der Waals surface area contributed by atoms with Crippen molar-refractivity contribution in [1.82, 2.24) is 19.6 Å². The SMILES string of the molecule is CCn1cc(-c2ccccc2[C@@H]2CN(C(=O)/C=C/CN3CCOCC3)Cc3sc(Cl)cc32)c(C(C)(F)P)n1. The third-order valence-electron chi connectivity index (χ3n) is 7.14. The van der Waals surface area contributed by atoms with Crippen LogP contribution in [0.1, 0.15) is 41.5 Å². The number of alkyl halides is 1. The molecule has 0 saturated carbocycles. The van der Waals surface area contributed by atoms with E-state index in [0.717, 1.165) is 60.0 Å². The van der Waals surface area contributed by atoms with Gasteiger partial charge in [-0.1, -0.05) is 51.2 Å². The largest absolute Gasteiger partial charge is 0.379 e. The first kappa shape index (κ1) is 27.5. The third-order valence-corrected chi connectivity index (χ3v) is 8.68. The van der Waals surface area contributed by atoms with Gasteiger partial charge < -0.3 is 9.64 Å². The van der Waals surface area contributed by atoms with E-state index < -0.39 is 5.41 Å². The molecule has 2 unspecified atom stereocenters. The Morgan fingerprint density at radius 2 is 2.05 bits per heavy atom. The normalized spacial score (nSPS) is 20.0. The molecule has 1 amide bonds. The van der Waals surface area contributed by atoms with Crippen LogP contribution in [0.2, 0.25) is 4.34 Å². The maximum atomic E-state index is 15.3.